The fourth-order valence-electron chi connectivity index (χ4n) is 4.25. The van der Waals surface area contributed by atoms with Gasteiger partial charge in [-0.1, -0.05) is 19.3 Å². The lowest BCUT2D eigenvalue weighted by Crippen LogP contribution is -2.42. The number of rotatable bonds is 3. The van der Waals surface area contributed by atoms with Gasteiger partial charge in [0.25, 0.3) is 0 Å². The Balaban J connectivity index is 1.42. The minimum Gasteiger partial charge on any atom is -0.347 e. The van der Waals surface area contributed by atoms with Gasteiger partial charge in [-0.25, -0.2) is 0 Å². The molecule has 3 fully saturated rings. The van der Waals surface area contributed by atoms with E-state index < -0.39 is 0 Å². The Hall–Kier alpha value is -1.10. The van der Waals surface area contributed by atoms with E-state index >= 15 is 0 Å². The number of nitrogens with zero attached hydrogens (tertiary/aromatic N) is 1. The molecule has 0 unspecified atom stereocenters. The van der Waals surface area contributed by atoms with Crippen molar-refractivity contribution >= 4 is 11.8 Å². The zero-order valence-electron chi connectivity index (χ0n) is 13.5. The van der Waals surface area contributed by atoms with Crippen molar-refractivity contribution in [2.24, 2.45) is 17.8 Å². The lowest BCUT2D eigenvalue weighted by Gasteiger charge is -2.23. The van der Waals surface area contributed by atoms with Crippen LogP contribution in [0, 0.1) is 17.8 Å². The van der Waals surface area contributed by atoms with Gasteiger partial charge in [-0.2, -0.15) is 0 Å². The molecule has 2 amide bonds. The molecule has 2 atom stereocenters. The Labute approximate surface area is 133 Å². The highest BCUT2D eigenvalue weighted by Crippen LogP contribution is 2.27. The molecular formula is C17H29N3O2. The zero-order valence-corrected chi connectivity index (χ0v) is 13.5. The highest BCUT2D eigenvalue weighted by atomic mass is 16.2. The Bertz CT molecular complexity index is 393. The average molecular weight is 307 g/mol. The summed E-state index contributed by atoms with van der Waals surface area (Å²) in [6, 6.07) is 0. The van der Waals surface area contributed by atoms with Gasteiger partial charge in [-0.05, 0) is 50.6 Å². The fraction of sp³-hybridized carbons (Fsp3) is 0.882. The standard InChI is InChI=1S/C17H29N3O2/c21-16(12-19-17(22)13-4-2-1-3-5-13)20-8-6-14-10-18-11-15(14)7-9-20/h13-15,18H,1-12H2,(H,19,22)/t14-,15+. The predicted octanol–water partition coefficient (Wildman–Crippen LogP) is 1.14. The monoisotopic (exact) mass is 307 g/mol. The first-order valence-electron chi connectivity index (χ1n) is 9.00. The van der Waals surface area contributed by atoms with Crippen molar-refractivity contribution in [3.05, 3.63) is 0 Å². The van der Waals surface area contributed by atoms with E-state index in [0.29, 0.717) is 0 Å². The van der Waals surface area contributed by atoms with E-state index in [1.807, 2.05) is 4.90 Å². The van der Waals surface area contributed by atoms with Crippen LogP contribution in [0.25, 0.3) is 0 Å². The molecule has 2 saturated heterocycles. The van der Waals surface area contributed by atoms with Crippen molar-refractivity contribution in [1.82, 2.24) is 15.5 Å². The summed E-state index contributed by atoms with van der Waals surface area (Å²) < 4.78 is 0. The topological polar surface area (TPSA) is 61.4 Å². The minimum absolute atomic E-state index is 0.0870. The Morgan fingerprint density at radius 1 is 0.955 bits per heavy atom. The molecule has 2 heterocycles. The number of carbonyl (C=O) groups excluding carboxylic acids is 2. The Morgan fingerprint density at radius 3 is 2.23 bits per heavy atom. The third-order valence-electron chi connectivity index (χ3n) is 5.76. The summed E-state index contributed by atoms with van der Waals surface area (Å²) in [7, 11) is 0. The van der Waals surface area contributed by atoms with Crippen LogP contribution in [-0.2, 0) is 9.59 Å². The van der Waals surface area contributed by atoms with E-state index in [1.54, 1.807) is 0 Å². The molecule has 3 rings (SSSR count). The molecule has 0 aromatic heterocycles. The molecule has 5 nitrogen and oxygen atoms in total. The van der Waals surface area contributed by atoms with Crippen LogP contribution >= 0.6 is 0 Å². The van der Waals surface area contributed by atoms with Gasteiger partial charge in [0.15, 0.2) is 0 Å². The van der Waals surface area contributed by atoms with Crippen LogP contribution in [0.15, 0.2) is 0 Å². The molecule has 1 saturated carbocycles. The number of hydrogen-bond donors (Lipinski definition) is 2. The lowest BCUT2D eigenvalue weighted by molar-refractivity contribution is -0.134. The predicted molar refractivity (Wildman–Crippen MR) is 85.2 cm³/mol. The molecule has 2 aliphatic heterocycles. The lowest BCUT2D eigenvalue weighted by atomic mass is 9.89. The zero-order chi connectivity index (χ0) is 15.4. The van der Waals surface area contributed by atoms with E-state index in [2.05, 4.69) is 10.6 Å². The summed E-state index contributed by atoms with van der Waals surface area (Å²) in [4.78, 5) is 26.4. The van der Waals surface area contributed by atoms with Gasteiger partial charge >= 0.3 is 0 Å². The maximum Gasteiger partial charge on any atom is 0.241 e. The molecule has 0 radical (unpaired) electrons. The van der Waals surface area contributed by atoms with Crippen molar-refractivity contribution < 1.29 is 9.59 Å². The van der Waals surface area contributed by atoms with Crippen molar-refractivity contribution in [3.63, 3.8) is 0 Å². The highest BCUT2D eigenvalue weighted by Gasteiger charge is 2.31. The van der Waals surface area contributed by atoms with Crippen molar-refractivity contribution in [1.29, 1.82) is 0 Å². The third kappa shape index (κ3) is 3.80. The number of hydrogen-bond acceptors (Lipinski definition) is 3. The van der Waals surface area contributed by atoms with Gasteiger partial charge in [-0.15, -0.1) is 0 Å². The van der Waals surface area contributed by atoms with Crippen LogP contribution in [0.3, 0.4) is 0 Å². The molecule has 0 bridgehead atoms. The van der Waals surface area contributed by atoms with Crippen molar-refractivity contribution in [2.75, 3.05) is 32.7 Å². The van der Waals surface area contributed by atoms with Crippen LogP contribution in [0.2, 0.25) is 0 Å². The first kappa shape index (κ1) is 15.8. The summed E-state index contributed by atoms with van der Waals surface area (Å²) in [5.74, 6) is 1.78. The van der Waals surface area contributed by atoms with E-state index in [9.17, 15) is 9.59 Å². The fourth-order valence-corrected chi connectivity index (χ4v) is 4.25. The molecule has 5 heteroatoms. The highest BCUT2D eigenvalue weighted by molar-refractivity contribution is 5.85. The minimum atomic E-state index is 0.0870. The van der Waals surface area contributed by atoms with Gasteiger partial charge < -0.3 is 15.5 Å². The third-order valence-corrected chi connectivity index (χ3v) is 5.76. The van der Waals surface area contributed by atoms with Crippen LogP contribution in [0.4, 0.5) is 0 Å². The summed E-state index contributed by atoms with van der Waals surface area (Å²) in [6.45, 7) is 4.08. The number of nitrogens with one attached hydrogen (secondary N) is 2. The van der Waals surface area contributed by atoms with Crippen molar-refractivity contribution in [3.8, 4) is 0 Å². The molecule has 2 N–H and O–H groups in total. The van der Waals surface area contributed by atoms with E-state index in [1.165, 1.54) is 6.42 Å². The van der Waals surface area contributed by atoms with Crippen molar-refractivity contribution in [2.45, 2.75) is 44.9 Å². The number of amides is 2. The summed E-state index contributed by atoms with van der Waals surface area (Å²) in [6.07, 6.45) is 7.71. The molecule has 0 aromatic carbocycles. The van der Waals surface area contributed by atoms with Crippen LogP contribution in [-0.4, -0.2) is 49.4 Å². The van der Waals surface area contributed by atoms with Gasteiger partial charge in [0.05, 0.1) is 6.54 Å². The first-order valence-corrected chi connectivity index (χ1v) is 9.00. The number of fused-ring (bicyclic) bond motifs is 1. The average Bonchev–Trinajstić information content (AvgIpc) is 2.91. The maximum absolute atomic E-state index is 12.4. The van der Waals surface area contributed by atoms with E-state index in [4.69, 9.17) is 0 Å². The van der Waals surface area contributed by atoms with Crippen LogP contribution in [0.1, 0.15) is 44.9 Å². The smallest absolute Gasteiger partial charge is 0.241 e. The summed E-state index contributed by atoms with van der Waals surface area (Å²) in [5.41, 5.74) is 0. The molecular weight excluding hydrogens is 278 g/mol. The van der Waals surface area contributed by atoms with Gasteiger partial charge in [0, 0.05) is 19.0 Å². The van der Waals surface area contributed by atoms with Gasteiger partial charge in [-0.3, -0.25) is 9.59 Å². The second kappa shape index (κ2) is 7.44. The number of carbonyl (C=O) groups is 2. The van der Waals surface area contributed by atoms with Crippen LogP contribution < -0.4 is 10.6 Å². The Morgan fingerprint density at radius 2 is 1.59 bits per heavy atom. The second-order valence-corrected chi connectivity index (χ2v) is 7.19. The maximum atomic E-state index is 12.4. The Kier molecular flexibility index (Phi) is 5.34. The quantitative estimate of drug-likeness (QED) is 0.822. The largest absolute Gasteiger partial charge is 0.347 e. The van der Waals surface area contributed by atoms with E-state index in [-0.39, 0.29) is 24.3 Å². The van der Waals surface area contributed by atoms with E-state index in [0.717, 1.165) is 76.5 Å². The molecule has 124 valence electrons. The number of likely N-dealkylation sites (tertiary alicyclic amines) is 1. The van der Waals surface area contributed by atoms with Gasteiger partial charge in [0.1, 0.15) is 0 Å². The molecule has 3 aliphatic rings. The summed E-state index contributed by atoms with van der Waals surface area (Å²) in [5, 5.41) is 6.33. The van der Waals surface area contributed by atoms with Crippen LogP contribution in [0.5, 0.6) is 0 Å². The molecule has 0 aromatic rings. The molecule has 0 spiro atoms. The summed E-state index contributed by atoms with van der Waals surface area (Å²) >= 11 is 0. The molecule has 1 aliphatic carbocycles. The molecule has 22 heavy (non-hydrogen) atoms. The normalized spacial score (nSPS) is 29.7. The SMILES string of the molecule is O=C(NCC(=O)N1CC[C@@H]2CNC[C@@H]2CC1)C1CCCCC1. The second-order valence-electron chi connectivity index (χ2n) is 7.19. The van der Waals surface area contributed by atoms with Gasteiger partial charge in [0.2, 0.25) is 11.8 Å². The first-order chi connectivity index (χ1) is 10.7.